The molecule has 2 aromatic rings. The Labute approximate surface area is 171 Å². The topological polar surface area (TPSA) is 100 Å². The van der Waals surface area contributed by atoms with Crippen LogP contribution in [-0.2, 0) is 9.59 Å². The summed E-state index contributed by atoms with van der Waals surface area (Å²) in [7, 11) is 1.45. The summed E-state index contributed by atoms with van der Waals surface area (Å²) in [5, 5.41) is 16.4. The molecule has 0 saturated carbocycles. The van der Waals surface area contributed by atoms with E-state index in [-0.39, 0.29) is 30.4 Å². The highest BCUT2D eigenvalue weighted by atomic mass is 127. The van der Waals surface area contributed by atoms with Crippen LogP contribution < -0.4 is 15.5 Å². The highest BCUT2D eigenvalue weighted by Gasteiger charge is 2.08. The standard InChI is InChI=1S/C19H20IN3O4/c1-12-3-5-14(6-4-12)22-17(24)7-8-18(25)23-21-11-13-9-15(20)19(26)16(10-13)27-2/h3-6,9-11,26H,7-8H2,1-2H3,(H,22,24)(H,23,25)/b21-11+. The fraction of sp³-hybridized carbons (Fsp3) is 0.211. The quantitative estimate of drug-likeness (QED) is 0.321. The molecule has 0 aliphatic heterocycles. The molecular formula is C19H20IN3O4. The number of hydrogen-bond donors (Lipinski definition) is 3. The van der Waals surface area contributed by atoms with E-state index in [1.54, 1.807) is 12.1 Å². The van der Waals surface area contributed by atoms with E-state index in [0.717, 1.165) is 5.56 Å². The van der Waals surface area contributed by atoms with Crippen molar-refractivity contribution in [2.24, 2.45) is 5.10 Å². The van der Waals surface area contributed by atoms with Gasteiger partial charge in [-0.1, -0.05) is 17.7 Å². The minimum absolute atomic E-state index is 0.0193. The number of phenolic OH excluding ortho intramolecular Hbond substituents is 1. The van der Waals surface area contributed by atoms with Crippen LogP contribution in [-0.4, -0.2) is 30.2 Å². The van der Waals surface area contributed by atoms with Crippen LogP contribution in [0.4, 0.5) is 5.69 Å². The van der Waals surface area contributed by atoms with Gasteiger partial charge in [-0.05, 0) is 59.3 Å². The molecule has 2 rings (SSSR count). The number of halogens is 1. The molecule has 0 saturated heterocycles. The Morgan fingerprint density at radius 1 is 1.19 bits per heavy atom. The number of rotatable bonds is 7. The second-order valence-electron chi connectivity index (χ2n) is 5.76. The lowest BCUT2D eigenvalue weighted by atomic mass is 10.2. The molecule has 0 atom stereocenters. The number of methoxy groups -OCH3 is 1. The molecule has 2 aromatic carbocycles. The number of benzene rings is 2. The van der Waals surface area contributed by atoms with E-state index in [2.05, 4.69) is 15.8 Å². The first kappa shape index (κ1) is 20.7. The van der Waals surface area contributed by atoms with Crippen molar-refractivity contribution in [2.75, 3.05) is 12.4 Å². The van der Waals surface area contributed by atoms with Crippen molar-refractivity contribution >= 4 is 46.3 Å². The summed E-state index contributed by atoms with van der Waals surface area (Å²) in [6.45, 7) is 1.96. The molecule has 142 valence electrons. The fourth-order valence-corrected chi connectivity index (χ4v) is 2.77. The molecule has 0 aromatic heterocycles. The van der Waals surface area contributed by atoms with Crippen molar-refractivity contribution in [1.29, 1.82) is 0 Å². The number of ether oxygens (including phenoxy) is 1. The number of hydrogen-bond acceptors (Lipinski definition) is 5. The Kier molecular flexibility index (Phi) is 7.59. The van der Waals surface area contributed by atoms with Crippen LogP contribution in [0.1, 0.15) is 24.0 Å². The van der Waals surface area contributed by atoms with Crippen LogP contribution in [0.3, 0.4) is 0 Å². The Bertz CT molecular complexity index is 851. The molecule has 27 heavy (non-hydrogen) atoms. The maximum Gasteiger partial charge on any atom is 0.240 e. The predicted molar refractivity (Wildman–Crippen MR) is 112 cm³/mol. The summed E-state index contributed by atoms with van der Waals surface area (Å²) in [6.07, 6.45) is 1.51. The normalized spacial score (nSPS) is 10.6. The SMILES string of the molecule is COc1cc(/C=N/NC(=O)CCC(=O)Nc2ccc(C)cc2)cc(I)c1O. The third kappa shape index (κ3) is 6.55. The van der Waals surface area contributed by atoms with Gasteiger partial charge in [-0.2, -0.15) is 5.10 Å². The van der Waals surface area contributed by atoms with Gasteiger partial charge in [-0.25, -0.2) is 5.43 Å². The van der Waals surface area contributed by atoms with Crippen molar-refractivity contribution in [2.45, 2.75) is 19.8 Å². The van der Waals surface area contributed by atoms with Gasteiger partial charge in [0.1, 0.15) is 0 Å². The smallest absolute Gasteiger partial charge is 0.240 e. The van der Waals surface area contributed by atoms with Crippen LogP contribution in [0.15, 0.2) is 41.5 Å². The van der Waals surface area contributed by atoms with Crippen molar-refractivity contribution < 1.29 is 19.4 Å². The molecule has 0 aliphatic carbocycles. The van der Waals surface area contributed by atoms with Crippen molar-refractivity contribution in [3.8, 4) is 11.5 Å². The lowest BCUT2D eigenvalue weighted by Gasteiger charge is -2.06. The maximum atomic E-state index is 11.9. The van der Waals surface area contributed by atoms with Gasteiger partial charge in [0.15, 0.2) is 11.5 Å². The molecule has 0 fully saturated rings. The zero-order valence-corrected chi connectivity index (χ0v) is 17.1. The van der Waals surface area contributed by atoms with Crippen molar-refractivity contribution in [1.82, 2.24) is 5.43 Å². The second-order valence-corrected chi connectivity index (χ2v) is 6.92. The number of carbonyl (C=O) groups is 2. The molecule has 0 spiro atoms. The lowest BCUT2D eigenvalue weighted by Crippen LogP contribution is -2.20. The van der Waals surface area contributed by atoms with E-state index in [1.165, 1.54) is 13.3 Å². The van der Waals surface area contributed by atoms with Crippen LogP contribution in [0.2, 0.25) is 0 Å². The Morgan fingerprint density at radius 2 is 1.85 bits per heavy atom. The van der Waals surface area contributed by atoms with Crippen LogP contribution in [0.25, 0.3) is 0 Å². The highest BCUT2D eigenvalue weighted by Crippen LogP contribution is 2.31. The summed E-state index contributed by atoms with van der Waals surface area (Å²) < 4.78 is 5.67. The van der Waals surface area contributed by atoms with E-state index in [4.69, 9.17) is 4.74 Å². The van der Waals surface area contributed by atoms with Gasteiger partial charge in [0.05, 0.1) is 16.9 Å². The molecule has 0 unspecified atom stereocenters. The number of amides is 2. The predicted octanol–water partition coefficient (Wildman–Crippen LogP) is 3.18. The monoisotopic (exact) mass is 481 g/mol. The Balaban J connectivity index is 1.80. The number of aromatic hydroxyl groups is 1. The largest absolute Gasteiger partial charge is 0.504 e. The van der Waals surface area contributed by atoms with Crippen LogP contribution in [0.5, 0.6) is 11.5 Å². The van der Waals surface area contributed by atoms with Crippen molar-refractivity contribution in [3.63, 3.8) is 0 Å². The van der Waals surface area contributed by atoms with Gasteiger partial charge in [0, 0.05) is 18.5 Å². The number of phenols is 1. The first-order valence-corrected chi connectivity index (χ1v) is 9.22. The molecular weight excluding hydrogens is 461 g/mol. The Hall–Kier alpha value is -2.62. The van der Waals surface area contributed by atoms with Gasteiger partial charge < -0.3 is 15.2 Å². The molecule has 8 heteroatoms. The molecule has 0 heterocycles. The maximum absolute atomic E-state index is 11.9. The average Bonchev–Trinajstić information content (AvgIpc) is 2.64. The summed E-state index contributed by atoms with van der Waals surface area (Å²) in [4.78, 5) is 23.7. The summed E-state index contributed by atoms with van der Waals surface area (Å²) in [5.74, 6) is -0.233. The minimum atomic E-state index is -0.370. The molecule has 2 amide bonds. The van der Waals surface area contributed by atoms with Crippen LogP contribution in [0, 0.1) is 10.5 Å². The van der Waals surface area contributed by atoms with E-state index in [1.807, 2.05) is 53.8 Å². The van der Waals surface area contributed by atoms with Crippen molar-refractivity contribution in [3.05, 3.63) is 51.1 Å². The van der Waals surface area contributed by atoms with E-state index < -0.39 is 0 Å². The van der Waals surface area contributed by atoms with Gasteiger partial charge >= 0.3 is 0 Å². The molecule has 0 aliphatic rings. The van der Waals surface area contributed by atoms with Crippen LogP contribution >= 0.6 is 22.6 Å². The number of carbonyl (C=O) groups excluding carboxylic acids is 2. The number of nitrogens with one attached hydrogen (secondary N) is 2. The van der Waals surface area contributed by atoms with Gasteiger partial charge in [-0.3, -0.25) is 9.59 Å². The molecule has 7 nitrogen and oxygen atoms in total. The first-order chi connectivity index (χ1) is 12.9. The van der Waals surface area contributed by atoms with E-state index in [0.29, 0.717) is 20.6 Å². The van der Waals surface area contributed by atoms with Gasteiger partial charge in [0.25, 0.3) is 0 Å². The third-order valence-electron chi connectivity index (χ3n) is 3.59. The molecule has 0 radical (unpaired) electrons. The zero-order chi connectivity index (χ0) is 19.8. The lowest BCUT2D eigenvalue weighted by molar-refractivity contribution is -0.124. The number of aryl methyl sites for hydroxylation is 1. The number of hydrazone groups is 1. The summed E-state index contributed by atoms with van der Waals surface area (Å²) in [6, 6.07) is 10.7. The summed E-state index contributed by atoms with van der Waals surface area (Å²) in [5.41, 5.74) is 4.83. The van der Waals surface area contributed by atoms with E-state index in [9.17, 15) is 14.7 Å². The third-order valence-corrected chi connectivity index (χ3v) is 4.41. The second kappa shape index (κ2) is 9.91. The average molecular weight is 481 g/mol. The highest BCUT2D eigenvalue weighted by molar-refractivity contribution is 14.1. The fourth-order valence-electron chi connectivity index (χ4n) is 2.15. The summed E-state index contributed by atoms with van der Waals surface area (Å²) >= 11 is 1.97. The number of anilines is 1. The van der Waals surface area contributed by atoms with Gasteiger partial charge in [-0.15, -0.1) is 0 Å². The van der Waals surface area contributed by atoms with Gasteiger partial charge in [0.2, 0.25) is 11.8 Å². The number of nitrogens with zero attached hydrogens (tertiary/aromatic N) is 1. The first-order valence-electron chi connectivity index (χ1n) is 8.14. The van der Waals surface area contributed by atoms with E-state index >= 15 is 0 Å². The minimum Gasteiger partial charge on any atom is -0.504 e. The molecule has 0 bridgehead atoms. The Morgan fingerprint density at radius 3 is 2.52 bits per heavy atom. The zero-order valence-electron chi connectivity index (χ0n) is 15.0. The molecule has 3 N–H and O–H groups in total.